The van der Waals surface area contributed by atoms with Crippen LogP contribution in [-0.2, 0) is 30.4 Å². The molecule has 4 N–H and O–H groups in total. The molecule has 0 aliphatic carbocycles. The Hall–Kier alpha value is -6.29. The number of nitrogens with zero attached hydrogens (tertiary/aromatic N) is 4. The Kier molecular flexibility index (Phi) is 24.1. The van der Waals surface area contributed by atoms with E-state index in [-0.39, 0.29) is 18.5 Å². The molecule has 1 aliphatic rings. The largest absolute Gasteiger partial charge is 0.471 e. The van der Waals surface area contributed by atoms with Crippen molar-refractivity contribution in [1.82, 2.24) is 40.4 Å². The minimum Gasteiger partial charge on any atom is -0.471 e. The molecule has 67 heavy (non-hydrogen) atoms. The molecule has 1 fully saturated rings. The lowest BCUT2D eigenvalue weighted by molar-refractivity contribution is -0.131. The fourth-order valence-corrected chi connectivity index (χ4v) is 7.57. The number of nitrogens with one attached hydrogen (secondary N) is 4. The standard InChI is InChI=1S/C35H37N7O3.C9H11NO.C3H8.C2H4O2.C2H6.CH4S/c1-4-15-42(31(43)19-36-35(44)45-3)20-30-37-27-13-9-23-17-21(7-11-25(23)32(27)39-30)22-8-12-26-24(18-22)10-14-28-33(26)40-34(38-28)29-6-5-16-41(29)2;1-10-9(7-11)8-5-3-2-4-6-8;1-3-2;1-4-2-3;2*1-2/h7-14,17-18,29H,4-6,15-16,19-20H2,1-3H3,(H,36,44)(H,37,39)(H,38,40);2-7,9-10H,1H3;3H2,1-2H3;2H,1H3;1-2H3;2H,1H3. The van der Waals surface area contributed by atoms with E-state index in [1.54, 1.807) is 18.2 Å². The first-order valence-corrected chi connectivity index (χ1v) is 23.7. The summed E-state index contributed by atoms with van der Waals surface area (Å²) in [5.74, 6) is 1.56. The van der Waals surface area contributed by atoms with Crippen LogP contribution in [0.2, 0.25) is 0 Å². The van der Waals surface area contributed by atoms with Gasteiger partial charge in [-0.05, 0) is 97.9 Å². The molecule has 0 radical (unpaired) electrons. The minimum atomic E-state index is -0.630. The average molecular weight is 935 g/mol. The monoisotopic (exact) mass is 935 g/mol. The van der Waals surface area contributed by atoms with Gasteiger partial charge in [0.25, 0.3) is 6.47 Å². The molecule has 1 saturated heterocycles. The zero-order valence-electron chi connectivity index (χ0n) is 40.8. The van der Waals surface area contributed by atoms with Crippen molar-refractivity contribution in [3.63, 3.8) is 0 Å². The molecule has 15 heteroatoms. The predicted octanol–water partition coefficient (Wildman–Crippen LogP) is 10.2. The second-order valence-corrected chi connectivity index (χ2v) is 15.3. The second-order valence-electron chi connectivity index (χ2n) is 15.3. The van der Waals surface area contributed by atoms with Crippen molar-refractivity contribution in [3.05, 3.63) is 108 Å². The maximum absolute atomic E-state index is 12.8. The number of carbonyl (C=O) groups excluding carboxylic acids is 4. The van der Waals surface area contributed by atoms with Gasteiger partial charge in [0, 0.05) is 17.3 Å². The van der Waals surface area contributed by atoms with Crippen LogP contribution in [0, 0.1) is 0 Å². The van der Waals surface area contributed by atoms with Crippen molar-refractivity contribution in [2.45, 2.75) is 78.9 Å². The van der Waals surface area contributed by atoms with Gasteiger partial charge in [-0.25, -0.2) is 14.8 Å². The minimum absolute atomic E-state index is 0.126. The zero-order valence-corrected chi connectivity index (χ0v) is 41.7. The van der Waals surface area contributed by atoms with Crippen LogP contribution in [-0.4, -0.2) is 109 Å². The molecule has 7 aromatic rings. The number of likely N-dealkylation sites (tertiary alicyclic amines) is 1. The number of hydrogen-bond donors (Lipinski definition) is 5. The highest BCUT2D eigenvalue weighted by Gasteiger charge is 2.26. The number of thiol groups is 1. The average Bonchev–Trinajstić information content (AvgIpc) is 4.13. The molecule has 0 saturated carbocycles. The molecular formula is C52H70N8O6S. The lowest BCUT2D eigenvalue weighted by Crippen LogP contribution is -2.40. The van der Waals surface area contributed by atoms with E-state index in [0.717, 1.165) is 86.4 Å². The SMILES string of the molecule is CC.CCC.CCCN(Cc1nc2c(ccc3cc(-c4ccc5c(ccc6[nH]c(C7CCCN7C)nc65)c4)ccc32)[nH]1)C(=O)CNC(=O)OC.CNC(C=O)c1ccccc1.COC=O.CS. The normalized spacial score (nSPS) is 13.1. The number of aromatic amines is 2. The number of methoxy groups -OCH3 is 2. The molecule has 1 aliphatic heterocycles. The van der Waals surface area contributed by atoms with Crippen molar-refractivity contribution in [3.8, 4) is 11.1 Å². The third-order valence-corrected chi connectivity index (χ3v) is 10.6. The summed E-state index contributed by atoms with van der Waals surface area (Å²) < 4.78 is 8.45. The number of amides is 2. The number of aromatic nitrogens is 4. The van der Waals surface area contributed by atoms with Gasteiger partial charge in [-0.1, -0.05) is 108 Å². The van der Waals surface area contributed by atoms with Crippen LogP contribution >= 0.6 is 12.6 Å². The number of rotatable bonds is 12. The molecule has 0 bridgehead atoms. The Morgan fingerprint density at radius 2 is 1.43 bits per heavy atom. The molecule has 14 nitrogen and oxygen atoms in total. The molecule has 3 heterocycles. The lowest BCUT2D eigenvalue weighted by Gasteiger charge is -2.21. The topological polar surface area (TPSA) is 175 Å². The van der Waals surface area contributed by atoms with Gasteiger partial charge >= 0.3 is 6.09 Å². The molecule has 0 spiro atoms. The summed E-state index contributed by atoms with van der Waals surface area (Å²) in [6, 6.07) is 31.4. The molecule has 2 amide bonds. The first kappa shape index (κ1) is 55.0. The van der Waals surface area contributed by atoms with Crippen LogP contribution in [0.25, 0.3) is 54.7 Å². The zero-order chi connectivity index (χ0) is 49.3. The van der Waals surface area contributed by atoms with Crippen molar-refractivity contribution in [1.29, 1.82) is 0 Å². The van der Waals surface area contributed by atoms with Crippen LogP contribution in [0.1, 0.15) is 89.6 Å². The molecule has 2 atom stereocenters. The number of hydrogen-bond acceptors (Lipinski definition) is 11. The third kappa shape index (κ3) is 15.1. The number of alkyl carbamates (subject to hydrolysis) is 1. The van der Waals surface area contributed by atoms with Gasteiger partial charge in [0.05, 0.1) is 54.9 Å². The smallest absolute Gasteiger partial charge is 0.407 e. The number of imidazole rings is 2. The molecule has 2 unspecified atom stereocenters. The van der Waals surface area contributed by atoms with Gasteiger partial charge in [-0.3, -0.25) is 14.5 Å². The number of aldehydes is 1. The van der Waals surface area contributed by atoms with Crippen LogP contribution in [0.3, 0.4) is 0 Å². The summed E-state index contributed by atoms with van der Waals surface area (Å²) >= 11 is 3.53. The third-order valence-electron chi connectivity index (χ3n) is 10.6. The van der Waals surface area contributed by atoms with Gasteiger partial charge in [0.15, 0.2) is 0 Å². The summed E-state index contributed by atoms with van der Waals surface area (Å²) in [7, 11) is 6.53. The number of carbonyl (C=O) groups is 4. The Morgan fingerprint density at radius 1 is 0.866 bits per heavy atom. The van der Waals surface area contributed by atoms with Gasteiger partial charge in [0.2, 0.25) is 5.91 Å². The Bertz CT molecular complexity index is 2600. The Balaban J connectivity index is 0.000000453. The quantitative estimate of drug-likeness (QED) is 0.0586. The van der Waals surface area contributed by atoms with E-state index < -0.39 is 6.09 Å². The summed E-state index contributed by atoms with van der Waals surface area (Å²) in [6.07, 6.45) is 6.34. The number of ether oxygens (including phenoxy) is 2. The number of benzene rings is 5. The Morgan fingerprint density at radius 3 is 1.93 bits per heavy atom. The highest BCUT2D eigenvalue weighted by atomic mass is 32.1. The van der Waals surface area contributed by atoms with E-state index in [1.165, 1.54) is 32.4 Å². The van der Waals surface area contributed by atoms with Crippen molar-refractivity contribution < 1.29 is 28.7 Å². The summed E-state index contributed by atoms with van der Waals surface area (Å²) in [4.78, 5) is 64.6. The summed E-state index contributed by atoms with van der Waals surface area (Å²) in [5.41, 5.74) is 7.18. The van der Waals surface area contributed by atoms with Crippen LogP contribution in [0.4, 0.5) is 4.79 Å². The number of fused-ring (bicyclic) bond motifs is 6. The fourth-order valence-electron chi connectivity index (χ4n) is 7.57. The summed E-state index contributed by atoms with van der Waals surface area (Å²) in [5, 5.41) is 9.82. The predicted molar refractivity (Wildman–Crippen MR) is 277 cm³/mol. The number of likely N-dealkylation sites (N-methyl/N-ethyl adjacent to an activating group) is 1. The van der Waals surface area contributed by atoms with E-state index in [4.69, 9.17) is 14.8 Å². The molecule has 5 aromatic carbocycles. The van der Waals surface area contributed by atoms with Crippen molar-refractivity contribution in [2.75, 3.05) is 54.2 Å². The first-order valence-electron chi connectivity index (χ1n) is 22.9. The van der Waals surface area contributed by atoms with Crippen LogP contribution in [0.15, 0.2) is 91.0 Å². The highest BCUT2D eigenvalue weighted by molar-refractivity contribution is 7.79. The van der Waals surface area contributed by atoms with Crippen LogP contribution in [0.5, 0.6) is 0 Å². The summed E-state index contributed by atoms with van der Waals surface area (Å²) in [6.45, 7) is 12.5. The molecular weight excluding hydrogens is 865 g/mol. The first-order chi connectivity index (χ1) is 32.6. The highest BCUT2D eigenvalue weighted by Crippen LogP contribution is 2.35. The molecule has 360 valence electrons. The Labute approximate surface area is 401 Å². The maximum atomic E-state index is 12.8. The molecule has 8 rings (SSSR count). The van der Waals surface area contributed by atoms with E-state index in [1.807, 2.05) is 57.2 Å². The molecule has 2 aromatic heterocycles. The van der Waals surface area contributed by atoms with Gasteiger partial charge in [0.1, 0.15) is 24.5 Å². The fraction of sp³-hybridized carbons (Fsp3) is 0.385. The van der Waals surface area contributed by atoms with E-state index in [0.29, 0.717) is 31.4 Å². The van der Waals surface area contributed by atoms with Crippen molar-refractivity contribution in [2.24, 2.45) is 0 Å². The van der Waals surface area contributed by atoms with Gasteiger partial charge < -0.3 is 39.8 Å². The second kappa shape index (κ2) is 29.4. The van der Waals surface area contributed by atoms with Gasteiger partial charge in [-0.15, -0.1) is 0 Å². The van der Waals surface area contributed by atoms with E-state index >= 15 is 0 Å². The lowest BCUT2D eigenvalue weighted by atomic mass is 9.98. The van der Waals surface area contributed by atoms with E-state index in [9.17, 15) is 14.4 Å². The van der Waals surface area contributed by atoms with Crippen molar-refractivity contribution >= 4 is 81.0 Å². The number of H-pyrrole nitrogens is 2. The maximum Gasteiger partial charge on any atom is 0.407 e. The van der Waals surface area contributed by atoms with Gasteiger partial charge in [-0.2, -0.15) is 12.6 Å². The van der Waals surface area contributed by atoms with E-state index in [2.05, 4.69) is 123 Å². The van der Waals surface area contributed by atoms with Crippen LogP contribution < -0.4 is 10.6 Å².